The third kappa shape index (κ3) is 2.64. The Bertz CT molecular complexity index is 132. The first-order valence-electron chi connectivity index (χ1n) is 4.12. The van der Waals surface area contributed by atoms with Gasteiger partial charge >= 0.3 is 0 Å². The average Bonchev–Trinajstić information content (AvgIpc) is 2.34. The molecule has 0 unspecified atom stereocenters. The summed E-state index contributed by atoms with van der Waals surface area (Å²) in [6, 6.07) is 0. The van der Waals surface area contributed by atoms with Gasteiger partial charge in [0, 0.05) is 6.42 Å². The summed E-state index contributed by atoms with van der Waals surface area (Å²) in [4.78, 5) is 0. The smallest absolute Gasteiger partial charge is 0.158 e. The molecule has 0 radical (unpaired) electrons. The van der Waals surface area contributed by atoms with E-state index in [0.717, 1.165) is 6.42 Å². The summed E-state index contributed by atoms with van der Waals surface area (Å²) in [5.74, 6) is 0.628. The Morgan fingerprint density at radius 1 is 1.64 bits per heavy atom. The Labute approximate surface area is 68.2 Å². The quantitative estimate of drug-likeness (QED) is 0.581. The molecule has 1 aliphatic heterocycles. The minimum absolute atomic E-state index is 0.00185. The maximum atomic E-state index is 5.48. The highest BCUT2D eigenvalue weighted by atomic mass is 16.7. The van der Waals surface area contributed by atoms with Gasteiger partial charge in [0.15, 0.2) is 6.29 Å². The van der Waals surface area contributed by atoms with Crippen LogP contribution in [0.5, 0.6) is 0 Å². The predicted molar refractivity (Wildman–Crippen MR) is 44.3 cm³/mol. The Kier molecular flexibility index (Phi) is 3.09. The van der Waals surface area contributed by atoms with E-state index in [4.69, 9.17) is 9.47 Å². The first-order valence-corrected chi connectivity index (χ1v) is 4.12. The highest BCUT2D eigenvalue weighted by Gasteiger charge is 2.23. The van der Waals surface area contributed by atoms with Gasteiger partial charge in [-0.25, -0.2) is 0 Å². The van der Waals surface area contributed by atoms with Gasteiger partial charge in [-0.1, -0.05) is 19.9 Å². The highest BCUT2D eigenvalue weighted by Crippen LogP contribution is 2.18. The van der Waals surface area contributed by atoms with Crippen LogP contribution in [0.2, 0.25) is 0 Å². The lowest BCUT2D eigenvalue weighted by Gasteiger charge is -2.11. The Morgan fingerprint density at radius 3 is 2.82 bits per heavy atom. The second kappa shape index (κ2) is 3.88. The van der Waals surface area contributed by atoms with Crippen molar-refractivity contribution in [2.24, 2.45) is 5.92 Å². The zero-order chi connectivity index (χ0) is 8.27. The lowest BCUT2D eigenvalue weighted by atomic mass is 10.1. The fourth-order valence-corrected chi connectivity index (χ4v) is 1.11. The molecule has 1 saturated heterocycles. The predicted octanol–water partition coefficient (Wildman–Crippen LogP) is 1.96. The molecule has 2 atom stereocenters. The van der Waals surface area contributed by atoms with Crippen molar-refractivity contribution < 1.29 is 9.47 Å². The molecule has 0 bridgehead atoms. The van der Waals surface area contributed by atoms with E-state index >= 15 is 0 Å². The zero-order valence-electron chi connectivity index (χ0n) is 7.25. The second-order valence-corrected chi connectivity index (χ2v) is 3.30. The summed E-state index contributed by atoms with van der Waals surface area (Å²) in [7, 11) is 0. The molecule has 1 aliphatic rings. The lowest BCUT2D eigenvalue weighted by Crippen LogP contribution is -2.12. The number of hydrogen-bond acceptors (Lipinski definition) is 2. The molecule has 2 heteroatoms. The van der Waals surface area contributed by atoms with Crippen molar-refractivity contribution in [1.82, 2.24) is 0 Å². The monoisotopic (exact) mass is 156 g/mol. The van der Waals surface area contributed by atoms with Gasteiger partial charge in [-0.05, 0) is 5.92 Å². The number of ether oxygens (including phenoxy) is 2. The van der Waals surface area contributed by atoms with E-state index in [1.807, 2.05) is 0 Å². The molecule has 2 nitrogen and oxygen atoms in total. The zero-order valence-corrected chi connectivity index (χ0v) is 7.25. The summed E-state index contributed by atoms with van der Waals surface area (Å²) in [5, 5.41) is 0. The minimum atomic E-state index is -0.00185. The van der Waals surface area contributed by atoms with Crippen molar-refractivity contribution in [2.45, 2.75) is 32.7 Å². The fourth-order valence-electron chi connectivity index (χ4n) is 1.11. The van der Waals surface area contributed by atoms with E-state index in [1.54, 1.807) is 6.08 Å². The summed E-state index contributed by atoms with van der Waals surface area (Å²) in [6.07, 6.45) is 2.88. The van der Waals surface area contributed by atoms with Crippen LogP contribution in [0.15, 0.2) is 12.7 Å². The van der Waals surface area contributed by atoms with Gasteiger partial charge < -0.3 is 9.47 Å². The molecule has 11 heavy (non-hydrogen) atoms. The van der Waals surface area contributed by atoms with Crippen LogP contribution in [-0.2, 0) is 9.47 Å². The van der Waals surface area contributed by atoms with Crippen LogP contribution in [0, 0.1) is 5.92 Å². The van der Waals surface area contributed by atoms with Gasteiger partial charge in [0.25, 0.3) is 0 Å². The van der Waals surface area contributed by atoms with Crippen LogP contribution >= 0.6 is 0 Å². The van der Waals surface area contributed by atoms with Crippen molar-refractivity contribution in [1.29, 1.82) is 0 Å². The standard InChI is InChI=1S/C9H16O2/c1-4-8-6-10-9(11-8)5-7(2)3/h4,7-9H,1,5-6H2,2-3H3/t8-,9-/m1/s1. The van der Waals surface area contributed by atoms with E-state index in [9.17, 15) is 0 Å². The van der Waals surface area contributed by atoms with Gasteiger partial charge in [-0.15, -0.1) is 6.58 Å². The summed E-state index contributed by atoms with van der Waals surface area (Å²) >= 11 is 0. The molecule has 1 heterocycles. The molecular weight excluding hydrogens is 140 g/mol. The number of rotatable bonds is 3. The molecule has 0 aromatic carbocycles. The summed E-state index contributed by atoms with van der Waals surface area (Å²) in [5.41, 5.74) is 0. The summed E-state index contributed by atoms with van der Waals surface area (Å²) < 4.78 is 10.9. The first-order chi connectivity index (χ1) is 5.22. The first kappa shape index (κ1) is 8.75. The van der Waals surface area contributed by atoms with Gasteiger partial charge in [0.05, 0.1) is 6.61 Å². The molecule has 1 fully saturated rings. The maximum absolute atomic E-state index is 5.48. The van der Waals surface area contributed by atoms with Crippen molar-refractivity contribution in [2.75, 3.05) is 6.61 Å². The van der Waals surface area contributed by atoms with Crippen molar-refractivity contribution in [3.8, 4) is 0 Å². The SMILES string of the molecule is C=C[C@@H]1CO[C@@H](CC(C)C)O1. The van der Waals surface area contributed by atoms with Crippen LogP contribution in [0.4, 0.5) is 0 Å². The van der Waals surface area contributed by atoms with E-state index in [1.165, 1.54) is 0 Å². The van der Waals surface area contributed by atoms with Crippen LogP contribution in [0.1, 0.15) is 20.3 Å². The Morgan fingerprint density at radius 2 is 2.36 bits per heavy atom. The average molecular weight is 156 g/mol. The van der Waals surface area contributed by atoms with Crippen LogP contribution in [0.25, 0.3) is 0 Å². The molecular formula is C9H16O2. The van der Waals surface area contributed by atoms with Gasteiger partial charge in [-0.2, -0.15) is 0 Å². The minimum Gasteiger partial charge on any atom is -0.350 e. The van der Waals surface area contributed by atoms with Crippen LogP contribution in [-0.4, -0.2) is 19.0 Å². The molecule has 0 aromatic rings. The van der Waals surface area contributed by atoms with E-state index in [-0.39, 0.29) is 12.4 Å². The molecule has 0 saturated carbocycles. The highest BCUT2D eigenvalue weighted by molar-refractivity contribution is 4.83. The van der Waals surface area contributed by atoms with E-state index in [0.29, 0.717) is 12.5 Å². The molecule has 0 amide bonds. The fraction of sp³-hybridized carbons (Fsp3) is 0.778. The molecule has 1 rings (SSSR count). The van der Waals surface area contributed by atoms with Gasteiger partial charge in [0.2, 0.25) is 0 Å². The van der Waals surface area contributed by atoms with Crippen molar-refractivity contribution >= 4 is 0 Å². The van der Waals surface area contributed by atoms with Crippen molar-refractivity contribution in [3.05, 3.63) is 12.7 Å². The topological polar surface area (TPSA) is 18.5 Å². The molecule has 64 valence electrons. The van der Waals surface area contributed by atoms with E-state index in [2.05, 4.69) is 20.4 Å². The van der Waals surface area contributed by atoms with Gasteiger partial charge in [0.1, 0.15) is 6.10 Å². The van der Waals surface area contributed by atoms with E-state index < -0.39 is 0 Å². The van der Waals surface area contributed by atoms with Crippen molar-refractivity contribution in [3.63, 3.8) is 0 Å². The second-order valence-electron chi connectivity index (χ2n) is 3.30. The van der Waals surface area contributed by atoms with Crippen LogP contribution < -0.4 is 0 Å². The third-order valence-electron chi connectivity index (χ3n) is 1.70. The molecule has 0 aromatic heterocycles. The van der Waals surface area contributed by atoms with Gasteiger partial charge in [-0.3, -0.25) is 0 Å². The normalized spacial score (nSPS) is 31.2. The summed E-state index contributed by atoms with van der Waals surface area (Å²) in [6.45, 7) is 8.64. The largest absolute Gasteiger partial charge is 0.350 e. The molecule has 0 spiro atoms. The molecule has 0 aliphatic carbocycles. The Hall–Kier alpha value is -0.340. The lowest BCUT2D eigenvalue weighted by molar-refractivity contribution is -0.0626. The third-order valence-corrected chi connectivity index (χ3v) is 1.70. The molecule has 0 N–H and O–H groups in total. The number of hydrogen-bond donors (Lipinski definition) is 0. The Balaban J connectivity index is 2.24. The van der Waals surface area contributed by atoms with Crippen LogP contribution in [0.3, 0.4) is 0 Å². The maximum Gasteiger partial charge on any atom is 0.158 e.